The highest BCUT2D eigenvalue weighted by molar-refractivity contribution is 7.89. The summed E-state index contributed by atoms with van der Waals surface area (Å²) in [6, 6.07) is 6.77. The largest absolute Gasteiger partial charge is 0.299 e. The maximum atomic E-state index is 12.4. The lowest BCUT2D eigenvalue weighted by Crippen LogP contribution is -2.48. The van der Waals surface area contributed by atoms with Gasteiger partial charge in [0, 0.05) is 12.6 Å². The second-order valence-corrected chi connectivity index (χ2v) is 8.33. The van der Waals surface area contributed by atoms with E-state index in [4.69, 9.17) is 11.6 Å². The maximum absolute atomic E-state index is 12.4. The Morgan fingerprint density at radius 3 is 2.41 bits per heavy atom. The summed E-state index contributed by atoms with van der Waals surface area (Å²) < 4.78 is 27.6. The van der Waals surface area contributed by atoms with Gasteiger partial charge in [0.05, 0.1) is 5.02 Å². The third-order valence-electron chi connectivity index (χ3n) is 4.24. The summed E-state index contributed by atoms with van der Waals surface area (Å²) in [5, 5.41) is 0.258. The van der Waals surface area contributed by atoms with Crippen molar-refractivity contribution in [3.8, 4) is 0 Å². The lowest BCUT2D eigenvalue weighted by Gasteiger charge is -2.37. The van der Waals surface area contributed by atoms with Crippen molar-refractivity contribution >= 4 is 21.6 Å². The summed E-state index contributed by atoms with van der Waals surface area (Å²) in [6.07, 6.45) is 3.66. The number of halogens is 1. The van der Waals surface area contributed by atoms with E-state index in [1.807, 2.05) is 0 Å². The number of likely N-dealkylation sites (tertiary alicyclic amines) is 1. The van der Waals surface area contributed by atoms with Crippen molar-refractivity contribution in [2.45, 2.75) is 44.0 Å². The van der Waals surface area contributed by atoms with E-state index in [1.165, 1.54) is 25.3 Å². The number of nitrogens with one attached hydrogen (secondary N) is 1. The van der Waals surface area contributed by atoms with Crippen LogP contribution in [0.3, 0.4) is 0 Å². The number of hydrogen-bond acceptors (Lipinski definition) is 3. The van der Waals surface area contributed by atoms with Gasteiger partial charge in [0.1, 0.15) is 4.90 Å². The van der Waals surface area contributed by atoms with Crippen molar-refractivity contribution in [1.82, 2.24) is 9.62 Å². The summed E-state index contributed by atoms with van der Waals surface area (Å²) in [7, 11) is -3.57. The van der Waals surface area contributed by atoms with Gasteiger partial charge in [-0.15, -0.1) is 0 Å². The van der Waals surface area contributed by atoms with Crippen LogP contribution in [0.25, 0.3) is 0 Å². The Labute approximate surface area is 138 Å². The van der Waals surface area contributed by atoms with Crippen molar-refractivity contribution in [3.63, 3.8) is 0 Å². The smallest absolute Gasteiger partial charge is 0.242 e. The molecule has 1 atom stereocenters. The number of hydrogen-bond donors (Lipinski definition) is 1. The van der Waals surface area contributed by atoms with Crippen LogP contribution >= 0.6 is 11.6 Å². The predicted octanol–water partition coefficient (Wildman–Crippen LogP) is 3.13. The molecule has 0 amide bonds. The van der Waals surface area contributed by atoms with Crippen molar-refractivity contribution in [1.29, 1.82) is 0 Å². The molecule has 4 nitrogen and oxygen atoms in total. The van der Waals surface area contributed by atoms with E-state index in [2.05, 4.69) is 23.5 Å². The van der Waals surface area contributed by atoms with E-state index in [-0.39, 0.29) is 16.0 Å². The molecule has 1 N–H and O–H groups in total. The SMILES string of the molecule is CC(C)C(CNS(=O)(=O)c1ccccc1Cl)N1CCCCC1. The summed E-state index contributed by atoms with van der Waals surface area (Å²) in [4.78, 5) is 2.56. The summed E-state index contributed by atoms with van der Waals surface area (Å²) >= 11 is 6.01. The minimum atomic E-state index is -3.57. The van der Waals surface area contributed by atoms with Crippen LogP contribution in [0.1, 0.15) is 33.1 Å². The highest BCUT2D eigenvalue weighted by Gasteiger charge is 2.26. The number of benzene rings is 1. The van der Waals surface area contributed by atoms with Crippen LogP contribution in [0.15, 0.2) is 29.2 Å². The molecule has 6 heteroatoms. The normalized spacial score (nSPS) is 18.5. The monoisotopic (exact) mass is 344 g/mol. The zero-order valence-corrected chi connectivity index (χ0v) is 14.8. The minimum absolute atomic E-state index is 0.151. The van der Waals surface area contributed by atoms with Gasteiger partial charge in [-0.25, -0.2) is 13.1 Å². The zero-order valence-electron chi connectivity index (χ0n) is 13.3. The molecule has 1 aromatic rings. The first kappa shape index (κ1) is 17.7. The topological polar surface area (TPSA) is 49.4 Å². The molecule has 0 bridgehead atoms. The molecule has 2 rings (SSSR count). The van der Waals surface area contributed by atoms with E-state index in [0.29, 0.717) is 12.5 Å². The molecule has 22 heavy (non-hydrogen) atoms. The Morgan fingerprint density at radius 1 is 1.18 bits per heavy atom. The Balaban J connectivity index is 2.07. The van der Waals surface area contributed by atoms with Gasteiger partial charge in [-0.3, -0.25) is 4.90 Å². The first-order valence-electron chi connectivity index (χ1n) is 7.90. The van der Waals surface area contributed by atoms with E-state index >= 15 is 0 Å². The first-order valence-corrected chi connectivity index (χ1v) is 9.76. The lowest BCUT2D eigenvalue weighted by atomic mass is 9.99. The molecule has 0 spiro atoms. The van der Waals surface area contributed by atoms with Gasteiger partial charge < -0.3 is 0 Å². The van der Waals surface area contributed by atoms with Crippen molar-refractivity contribution in [3.05, 3.63) is 29.3 Å². The van der Waals surface area contributed by atoms with Crippen LogP contribution in [0.5, 0.6) is 0 Å². The summed E-state index contributed by atoms with van der Waals surface area (Å²) in [5.74, 6) is 0.395. The molecule has 1 saturated heterocycles. The van der Waals surface area contributed by atoms with E-state index < -0.39 is 10.0 Å². The van der Waals surface area contributed by atoms with Crippen LogP contribution < -0.4 is 4.72 Å². The van der Waals surface area contributed by atoms with Gasteiger partial charge in [-0.05, 0) is 44.0 Å². The molecule has 1 heterocycles. The molecule has 1 aliphatic heterocycles. The molecule has 1 aromatic carbocycles. The fourth-order valence-electron chi connectivity index (χ4n) is 2.97. The van der Waals surface area contributed by atoms with Gasteiger partial charge in [0.25, 0.3) is 0 Å². The van der Waals surface area contributed by atoms with Gasteiger partial charge >= 0.3 is 0 Å². The van der Waals surface area contributed by atoms with Crippen LogP contribution in [-0.4, -0.2) is 39.0 Å². The molecular weight excluding hydrogens is 320 g/mol. The third kappa shape index (κ3) is 4.44. The second kappa shape index (κ2) is 7.77. The fourth-order valence-corrected chi connectivity index (χ4v) is 4.54. The van der Waals surface area contributed by atoms with E-state index in [1.54, 1.807) is 18.2 Å². The Kier molecular flexibility index (Phi) is 6.26. The molecule has 1 unspecified atom stereocenters. The van der Waals surface area contributed by atoms with Crippen molar-refractivity contribution < 1.29 is 8.42 Å². The Bertz CT molecular complexity index is 584. The summed E-state index contributed by atoms with van der Waals surface area (Å²) in [5.41, 5.74) is 0. The standard InChI is InChI=1S/C16H25ClN2O2S/c1-13(2)15(19-10-6-3-7-11-19)12-18-22(20,21)16-9-5-4-8-14(16)17/h4-5,8-9,13,15,18H,3,6-7,10-12H2,1-2H3. The molecule has 0 aliphatic carbocycles. The maximum Gasteiger partial charge on any atom is 0.242 e. The zero-order chi connectivity index (χ0) is 16.2. The van der Waals surface area contributed by atoms with Crippen molar-refractivity contribution in [2.75, 3.05) is 19.6 Å². The lowest BCUT2D eigenvalue weighted by molar-refractivity contribution is 0.130. The van der Waals surface area contributed by atoms with Crippen LogP contribution in [0.2, 0.25) is 5.02 Å². The average Bonchev–Trinajstić information content (AvgIpc) is 2.48. The highest BCUT2D eigenvalue weighted by atomic mass is 35.5. The molecule has 1 aliphatic rings. The molecule has 124 valence electrons. The number of piperidine rings is 1. The van der Waals surface area contributed by atoms with Gasteiger partial charge in [-0.2, -0.15) is 0 Å². The Hall–Kier alpha value is -0.620. The number of sulfonamides is 1. The quantitative estimate of drug-likeness (QED) is 0.862. The second-order valence-electron chi connectivity index (χ2n) is 6.19. The summed E-state index contributed by atoms with van der Waals surface area (Å²) in [6.45, 7) is 6.81. The third-order valence-corrected chi connectivity index (χ3v) is 6.16. The number of rotatable bonds is 6. The van der Waals surface area contributed by atoms with Gasteiger partial charge in [-0.1, -0.05) is 44.0 Å². The van der Waals surface area contributed by atoms with E-state index in [9.17, 15) is 8.42 Å². The van der Waals surface area contributed by atoms with Crippen LogP contribution in [0, 0.1) is 5.92 Å². The molecule has 0 saturated carbocycles. The first-order chi connectivity index (χ1) is 10.4. The fraction of sp³-hybridized carbons (Fsp3) is 0.625. The van der Waals surface area contributed by atoms with Crippen molar-refractivity contribution in [2.24, 2.45) is 5.92 Å². The average molecular weight is 345 g/mol. The van der Waals surface area contributed by atoms with E-state index in [0.717, 1.165) is 13.1 Å². The van der Waals surface area contributed by atoms with Crippen LogP contribution in [-0.2, 0) is 10.0 Å². The van der Waals surface area contributed by atoms with Gasteiger partial charge in [0.2, 0.25) is 10.0 Å². The highest BCUT2D eigenvalue weighted by Crippen LogP contribution is 2.21. The molecule has 0 radical (unpaired) electrons. The predicted molar refractivity (Wildman–Crippen MR) is 90.7 cm³/mol. The molecular formula is C16H25ClN2O2S. The molecule has 1 fully saturated rings. The van der Waals surface area contributed by atoms with Gasteiger partial charge in [0.15, 0.2) is 0 Å². The Morgan fingerprint density at radius 2 is 1.82 bits per heavy atom. The minimum Gasteiger partial charge on any atom is -0.299 e. The van der Waals surface area contributed by atoms with Crippen LogP contribution in [0.4, 0.5) is 0 Å². The molecule has 0 aromatic heterocycles. The number of nitrogens with zero attached hydrogens (tertiary/aromatic N) is 1.